The molecule has 7 heteroatoms. The fourth-order valence-corrected chi connectivity index (χ4v) is 1.84. The van der Waals surface area contributed by atoms with Crippen LogP contribution in [0.5, 0.6) is 0 Å². The molecular weight excluding hydrogens is 276 g/mol. The summed E-state index contributed by atoms with van der Waals surface area (Å²) < 4.78 is 0. The van der Waals surface area contributed by atoms with Crippen LogP contribution in [0.3, 0.4) is 0 Å². The van der Waals surface area contributed by atoms with Crippen molar-refractivity contribution in [3.05, 3.63) is 0 Å². The van der Waals surface area contributed by atoms with Gasteiger partial charge in [-0.1, -0.05) is 25.6 Å². The lowest BCUT2D eigenvalue weighted by molar-refractivity contribution is 0.227. The van der Waals surface area contributed by atoms with E-state index in [1.165, 1.54) is 16.7 Å². The first-order valence-corrected chi connectivity index (χ1v) is 7.49. The highest BCUT2D eigenvalue weighted by atomic mass is 32.2. The van der Waals surface area contributed by atoms with Crippen LogP contribution in [0.2, 0.25) is 0 Å². The number of nitrogens with one attached hydrogen (secondary N) is 2. The van der Waals surface area contributed by atoms with E-state index in [-0.39, 0.29) is 16.8 Å². The third-order valence-electron chi connectivity index (χ3n) is 2.18. The zero-order chi connectivity index (χ0) is 15.9. The minimum atomic E-state index is -0.396. The summed E-state index contributed by atoms with van der Waals surface area (Å²) >= 11 is 1.38. The average Bonchev–Trinajstić information content (AvgIpc) is 2.25. The molecule has 0 aliphatic carbocycles. The van der Waals surface area contributed by atoms with Crippen LogP contribution in [-0.2, 0) is 0 Å². The molecule has 0 spiro atoms. The monoisotopic (exact) mass is 302 g/mol. The number of amidine groups is 1. The van der Waals surface area contributed by atoms with Crippen molar-refractivity contribution in [2.75, 3.05) is 14.1 Å². The Hall–Kier alpha value is -1.24. The van der Waals surface area contributed by atoms with Crippen molar-refractivity contribution >= 4 is 29.0 Å². The Kier molecular flexibility index (Phi) is 7.63. The topological polar surface area (TPSA) is 73.8 Å². The Labute approximate surface area is 125 Å². The van der Waals surface area contributed by atoms with Gasteiger partial charge >= 0.3 is 12.1 Å². The van der Waals surface area contributed by atoms with E-state index in [9.17, 15) is 9.59 Å². The second-order valence-electron chi connectivity index (χ2n) is 5.76. The van der Waals surface area contributed by atoms with Crippen molar-refractivity contribution in [1.82, 2.24) is 15.5 Å². The molecule has 116 valence electrons. The quantitative estimate of drug-likeness (QED) is 0.608. The van der Waals surface area contributed by atoms with Gasteiger partial charge in [0.15, 0.2) is 5.17 Å². The Balaban J connectivity index is 4.86. The number of carbonyl (C=O) groups is 2. The maximum absolute atomic E-state index is 11.8. The number of hydrogen-bond acceptors (Lipinski definition) is 3. The Morgan fingerprint density at radius 3 is 2.25 bits per heavy atom. The van der Waals surface area contributed by atoms with Gasteiger partial charge in [-0.25, -0.2) is 9.59 Å². The molecule has 0 aliphatic heterocycles. The zero-order valence-corrected chi connectivity index (χ0v) is 14.2. The molecule has 6 nitrogen and oxygen atoms in total. The van der Waals surface area contributed by atoms with Crippen LogP contribution < -0.4 is 10.6 Å². The first-order valence-electron chi connectivity index (χ1n) is 6.61. The fraction of sp³-hybridized carbons (Fsp3) is 0.769. The molecule has 0 aromatic rings. The maximum atomic E-state index is 11.8. The SMILES string of the molecule is CCC(C)SC(=NC(=O)N(C)C)NC(=O)NC(C)(C)C. The predicted octanol–water partition coefficient (Wildman–Crippen LogP) is 2.65. The van der Waals surface area contributed by atoms with E-state index in [0.717, 1.165) is 6.42 Å². The Morgan fingerprint density at radius 2 is 1.85 bits per heavy atom. The fourth-order valence-electron chi connectivity index (χ4n) is 1.01. The highest BCUT2D eigenvalue weighted by Crippen LogP contribution is 2.15. The molecule has 20 heavy (non-hydrogen) atoms. The number of amides is 4. The molecule has 0 saturated heterocycles. The molecule has 0 saturated carbocycles. The molecule has 0 radical (unpaired) electrons. The van der Waals surface area contributed by atoms with Crippen LogP contribution >= 0.6 is 11.8 Å². The van der Waals surface area contributed by atoms with E-state index in [0.29, 0.717) is 5.17 Å². The zero-order valence-electron chi connectivity index (χ0n) is 13.4. The molecule has 0 aromatic heterocycles. The Bertz CT molecular complexity index is 375. The van der Waals surface area contributed by atoms with Gasteiger partial charge in [-0.15, -0.1) is 0 Å². The van der Waals surface area contributed by atoms with E-state index in [2.05, 4.69) is 15.6 Å². The first-order chi connectivity index (χ1) is 9.05. The minimum Gasteiger partial charge on any atom is -0.333 e. The standard InChI is InChI=1S/C13H26N4O2S/c1-8-9(2)20-11(15-12(19)17(6)7)14-10(18)16-13(3,4)5/h9H,8H2,1-7H3,(H2,14,15,16,18,19). The lowest BCUT2D eigenvalue weighted by atomic mass is 10.1. The average molecular weight is 302 g/mol. The third kappa shape index (κ3) is 8.79. The van der Waals surface area contributed by atoms with E-state index >= 15 is 0 Å². The molecular formula is C13H26N4O2S. The maximum Gasteiger partial charge on any atom is 0.345 e. The summed E-state index contributed by atoms with van der Waals surface area (Å²) in [4.78, 5) is 28.8. The van der Waals surface area contributed by atoms with Gasteiger partial charge in [0.1, 0.15) is 0 Å². The molecule has 4 amide bonds. The van der Waals surface area contributed by atoms with Gasteiger partial charge in [0.25, 0.3) is 0 Å². The van der Waals surface area contributed by atoms with Crippen LogP contribution in [0.1, 0.15) is 41.0 Å². The normalized spacial score (nSPS) is 13.7. The number of urea groups is 2. The molecule has 0 heterocycles. The number of carbonyl (C=O) groups excluding carboxylic acids is 2. The van der Waals surface area contributed by atoms with Crippen molar-refractivity contribution in [3.8, 4) is 0 Å². The summed E-state index contributed by atoms with van der Waals surface area (Å²) in [5.74, 6) is 0. The number of rotatable bonds is 2. The highest BCUT2D eigenvalue weighted by Gasteiger charge is 2.17. The molecule has 0 rings (SSSR count). The van der Waals surface area contributed by atoms with Crippen molar-refractivity contribution in [2.45, 2.75) is 51.8 Å². The molecule has 1 atom stereocenters. The van der Waals surface area contributed by atoms with Crippen LogP contribution in [0.15, 0.2) is 4.99 Å². The highest BCUT2D eigenvalue weighted by molar-refractivity contribution is 8.14. The van der Waals surface area contributed by atoms with Crippen molar-refractivity contribution < 1.29 is 9.59 Å². The smallest absolute Gasteiger partial charge is 0.333 e. The van der Waals surface area contributed by atoms with Gasteiger partial charge in [-0.2, -0.15) is 4.99 Å². The Morgan fingerprint density at radius 1 is 1.30 bits per heavy atom. The summed E-state index contributed by atoms with van der Waals surface area (Å²) in [5.41, 5.74) is -0.345. The predicted molar refractivity (Wildman–Crippen MR) is 85.3 cm³/mol. The number of aliphatic imine (C=N–C) groups is 1. The van der Waals surface area contributed by atoms with E-state index in [4.69, 9.17) is 0 Å². The molecule has 1 unspecified atom stereocenters. The molecule has 0 fully saturated rings. The minimum absolute atomic E-state index is 0.263. The van der Waals surface area contributed by atoms with E-state index < -0.39 is 6.03 Å². The third-order valence-corrected chi connectivity index (χ3v) is 3.33. The van der Waals surface area contributed by atoms with Gasteiger partial charge in [0, 0.05) is 24.9 Å². The van der Waals surface area contributed by atoms with Crippen molar-refractivity contribution in [2.24, 2.45) is 4.99 Å². The summed E-state index contributed by atoms with van der Waals surface area (Å²) in [5, 5.41) is 6.00. The van der Waals surface area contributed by atoms with Crippen molar-refractivity contribution in [3.63, 3.8) is 0 Å². The van der Waals surface area contributed by atoms with Crippen LogP contribution in [0.4, 0.5) is 9.59 Å². The number of thioether (sulfide) groups is 1. The summed E-state index contributed by atoms with van der Waals surface area (Å²) in [6.07, 6.45) is 0.919. The van der Waals surface area contributed by atoms with Gasteiger partial charge < -0.3 is 10.2 Å². The van der Waals surface area contributed by atoms with Gasteiger partial charge in [0.2, 0.25) is 0 Å². The summed E-state index contributed by atoms with van der Waals surface area (Å²) in [7, 11) is 3.24. The molecule has 0 aromatic carbocycles. The number of nitrogens with zero attached hydrogens (tertiary/aromatic N) is 2. The molecule has 0 bridgehead atoms. The van der Waals surface area contributed by atoms with Gasteiger partial charge in [-0.3, -0.25) is 5.32 Å². The lowest BCUT2D eigenvalue weighted by Crippen LogP contribution is -2.48. The van der Waals surface area contributed by atoms with Crippen LogP contribution in [0.25, 0.3) is 0 Å². The molecule has 0 aliphatic rings. The van der Waals surface area contributed by atoms with E-state index in [1.54, 1.807) is 14.1 Å². The van der Waals surface area contributed by atoms with E-state index in [1.807, 2.05) is 34.6 Å². The molecule has 2 N–H and O–H groups in total. The summed E-state index contributed by atoms with van der Waals surface area (Å²) in [6.45, 7) is 9.71. The van der Waals surface area contributed by atoms with Crippen LogP contribution in [0, 0.1) is 0 Å². The van der Waals surface area contributed by atoms with Crippen molar-refractivity contribution in [1.29, 1.82) is 0 Å². The first kappa shape index (κ1) is 18.8. The number of hydrogen-bond donors (Lipinski definition) is 2. The lowest BCUT2D eigenvalue weighted by Gasteiger charge is -2.21. The summed E-state index contributed by atoms with van der Waals surface area (Å²) in [6, 6.07) is -0.759. The second-order valence-corrected chi connectivity index (χ2v) is 7.19. The van der Waals surface area contributed by atoms with Gasteiger partial charge in [0.05, 0.1) is 0 Å². The van der Waals surface area contributed by atoms with Crippen LogP contribution in [-0.4, -0.2) is 47.0 Å². The van der Waals surface area contributed by atoms with Gasteiger partial charge in [-0.05, 0) is 27.2 Å². The largest absolute Gasteiger partial charge is 0.345 e. The second kappa shape index (κ2) is 8.14.